The molecule has 2 fully saturated rings. The lowest BCUT2D eigenvalue weighted by atomic mass is 9.96. The van der Waals surface area contributed by atoms with Crippen LogP contribution in [0, 0.1) is 5.92 Å². The largest absolute Gasteiger partial charge is 0.384 e. The number of rotatable bonds is 2. The van der Waals surface area contributed by atoms with Crippen LogP contribution in [0.5, 0.6) is 0 Å². The van der Waals surface area contributed by atoms with Gasteiger partial charge in [-0.05, 0) is 43.7 Å². The second-order valence-corrected chi connectivity index (χ2v) is 5.70. The maximum absolute atomic E-state index is 12.6. The molecule has 0 bridgehead atoms. The van der Waals surface area contributed by atoms with E-state index in [0.29, 0.717) is 23.5 Å². The summed E-state index contributed by atoms with van der Waals surface area (Å²) in [7, 11) is 0. The van der Waals surface area contributed by atoms with E-state index in [4.69, 9.17) is 5.73 Å². The summed E-state index contributed by atoms with van der Waals surface area (Å²) in [6.45, 7) is 0.872. The Morgan fingerprint density at radius 1 is 1.21 bits per heavy atom. The van der Waals surface area contributed by atoms with Gasteiger partial charge in [-0.25, -0.2) is 4.98 Å². The molecule has 1 aromatic rings. The van der Waals surface area contributed by atoms with Crippen LogP contribution in [0.15, 0.2) is 18.2 Å². The molecule has 2 aliphatic rings. The molecule has 3 rings (SSSR count). The molecular weight excluding hydrogens is 238 g/mol. The Bertz CT molecular complexity index is 468. The Morgan fingerprint density at radius 3 is 2.74 bits per heavy atom. The second kappa shape index (κ2) is 5.19. The van der Waals surface area contributed by atoms with Gasteiger partial charge >= 0.3 is 0 Å². The average Bonchev–Trinajstić information content (AvgIpc) is 3.08. The van der Waals surface area contributed by atoms with E-state index in [1.54, 1.807) is 18.2 Å². The van der Waals surface area contributed by atoms with E-state index < -0.39 is 0 Å². The van der Waals surface area contributed by atoms with Crippen molar-refractivity contribution < 1.29 is 4.79 Å². The van der Waals surface area contributed by atoms with Gasteiger partial charge in [-0.2, -0.15) is 0 Å². The third kappa shape index (κ3) is 2.44. The number of aromatic nitrogens is 1. The highest BCUT2D eigenvalue weighted by molar-refractivity contribution is 5.93. The number of anilines is 1. The molecule has 1 amide bonds. The number of carbonyl (C=O) groups excluding carboxylic acids is 1. The summed E-state index contributed by atoms with van der Waals surface area (Å²) < 4.78 is 0. The number of nitrogens with zero attached hydrogens (tertiary/aromatic N) is 2. The topological polar surface area (TPSA) is 59.2 Å². The van der Waals surface area contributed by atoms with Crippen LogP contribution >= 0.6 is 0 Å². The number of nitrogen functional groups attached to an aromatic ring is 1. The van der Waals surface area contributed by atoms with Crippen molar-refractivity contribution in [3.8, 4) is 0 Å². The Labute approximate surface area is 114 Å². The van der Waals surface area contributed by atoms with Gasteiger partial charge in [0.2, 0.25) is 0 Å². The van der Waals surface area contributed by atoms with Crippen LogP contribution in [0.4, 0.5) is 5.82 Å². The molecule has 2 N–H and O–H groups in total. The van der Waals surface area contributed by atoms with Gasteiger partial charge in [-0.3, -0.25) is 4.79 Å². The fourth-order valence-electron chi connectivity index (χ4n) is 3.59. The predicted octanol–water partition coefficient (Wildman–Crippen LogP) is 2.46. The van der Waals surface area contributed by atoms with Gasteiger partial charge in [0.1, 0.15) is 11.5 Å². The van der Waals surface area contributed by atoms with E-state index in [1.165, 1.54) is 25.7 Å². The van der Waals surface area contributed by atoms with Crippen LogP contribution in [0.3, 0.4) is 0 Å². The van der Waals surface area contributed by atoms with Crippen molar-refractivity contribution in [3.63, 3.8) is 0 Å². The molecule has 1 aliphatic heterocycles. The van der Waals surface area contributed by atoms with Crippen molar-refractivity contribution in [2.45, 2.75) is 44.6 Å². The molecule has 1 aromatic heterocycles. The van der Waals surface area contributed by atoms with Crippen LogP contribution in [-0.2, 0) is 0 Å². The molecular formula is C15H21N3O. The molecule has 2 heterocycles. The SMILES string of the molecule is Nc1cccc(C(=O)N2CCCC2C2CCCC2)n1. The minimum atomic E-state index is 0.0571. The fraction of sp³-hybridized carbons (Fsp3) is 0.600. The number of carbonyl (C=O) groups is 1. The van der Waals surface area contributed by atoms with Gasteiger partial charge in [-0.15, -0.1) is 0 Å². The van der Waals surface area contributed by atoms with E-state index in [2.05, 4.69) is 4.98 Å². The van der Waals surface area contributed by atoms with Crippen molar-refractivity contribution in [2.24, 2.45) is 5.92 Å². The van der Waals surface area contributed by atoms with E-state index in [0.717, 1.165) is 19.4 Å². The molecule has 102 valence electrons. The molecule has 1 saturated carbocycles. The summed E-state index contributed by atoms with van der Waals surface area (Å²) in [4.78, 5) is 18.8. The maximum atomic E-state index is 12.6. The second-order valence-electron chi connectivity index (χ2n) is 5.70. The highest BCUT2D eigenvalue weighted by Gasteiger charge is 2.36. The van der Waals surface area contributed by atoms with Crippen molar-refractivity contribution in [2.75, 3.05) is 12.3 Å². The van der Waals surface area contributed by atoms with Crippen LogP contribution in [0.2, 0.25) is 0 Å². The summed E-state index contributed by atoms with van der Waals surface area (Å²) in [6.07, 6.45) is 7.46. The number of hydrogen-bond acceptors (Lipinski definition) is 3. The molecule has 1 saturated heterocycles. The van der Waals surface area contributed by atoms with E-state index >= 15 is 0 Å². The zero-order valence-electron chi connectivity index (χ0n) is 11.2. The summed E-state index contributed by atoms with van der Waals surface area (Å²) in [5.41, 5.74) is 6.16. The highest BCUT2D eigenvalue weighted by atomic mass is 16.2. The monoisotopic (exact) mass is 259 g/mol. The molecule has 4 heteroatoms. The third-order valence-electron chi connectivity index (χ3n) is 4.49. The van der Waals surface area contributed by atoms with Gasteiger partial charge in [-0.1, -0.05) is 18.9 Å². The Morgan fingerprint density at radius 2 is 2.00 bits per heavy atom. The Hall–Kier alpha value is -1.58. The zero-order valence-corrected chi connectivity index (χ0v) is 11.2. The quantitative estimate of drug-likeness (QED) is 0.887. The first kappa shape index (κ1) is 12.5. The van der Waals surface area contributed by atoms with Crippen molar-refractivity contribution in [1.29, 1.82) is 0 Å². The molecule has 1 atom stereocenters. The normalized spacial score (nSPS) is 24.0. The Balaban J connectivity index is 1.78. The first-order valence-corrected chi connectivity index (χ1v) is 7.29. The van der Waals surface area contributed by atoms with Crippen LogP contribution in [-0.4, -0.2) is 28.4 Å². The van der Waals surface area contributed by atoms with Crippen LogP contribution in [0.1, 0.15) is 49.0 Å². The van der Waals surface area contributed by atoms with Gasteiger partial charge < -0.3 is 10.6 Å². The van der Waals surface area contributed by atoms with Crippen molar-refractivity contribution >= 4 is 11.7 Å². The molecule has 0 radical (unpaired) electrons. The van der Waals surface area contributed by atoms with Crippen molar-refractivity contribution in [1.82, 2.24) is 9.88 Å². The van der Waals surface area contributed by atoms with E-state index in [1.807, 2.05) is 4.90 Å². The molecule has 1 aliphatic carbocycles. The fourth-order valence-corrected chi connectivity index (χ4v) is 3.59. The van der Waals surface area contributed by atoms with E-state index in [9.17, 15) is 4.79 Å². The number of hydrogen-bond donors (Lipinski definition) is 1. The number of likely N-dealkylation sites (tertiary alicyclic amines) is 1. The smallest absolute Gasteiger partial charge is 0.272 e. The first-order chi connectivity index (χ1) is 9.25. The lowest BCUT2D eigenvalue weighted by Gasteiger charge is -2.29. The number of nitrogens with two attached hydrogens (primary N) is 1. The minimum absolute atomic E-state index is 0.0571. The minimum Gasteiger partial charge on any atom is -0.384 e. The third-order valence-corrected chi connectivity index (χ3v) is 4.49. The van der Waals surface area contributed by atoms with Crippen molar-refractivity contribution in [3.05, 3.63) is 23.9 Å². The standard InChI is InChI=1S/C15H21N3O/c16-14-9-3-7-12(17-14)15(19)18-10-4-8-13(18)11-5-1-2-6-11/h3,7,9,11,13H,1-2,4-6,8,10H2,(H2,16,17). The number of pyridine rings is 1. The summed E-state index contributed by atoms with van der Waals surface area (Å²) in [5, 5.41) is 0. The molecule has 1 unspecified atom stereocenters. The van der Waals surface area contributed by atoms with Crippen LogP contribution in [0.25, 0.3) is 0 Å². The lowest BCUT2D eigenvalue weighted by molar-refractivity contribution is 0.0683. The van der Waals surface area contributed by atoms with Gasteiger partial charge in [0.25, 0.3) is 5.91 Å². The van der Waals surface area contributed by atoms with E-state index in [-0.39, 0.29) is 5.91 Å². The summed E-state index contributed by atoms with van der Waals surface area (Å²) >= 11 is 0. The average molecular weight is 259 g/mol. The summed E-state index contributed by atoms with van der Waals surface area (Å²) in [5.74, 6) is 1.18. The molecule has 0 aromatic carbocycles. The number of amides is 1. The van der Waals surface area contributed by atoms with Gasteiger partial charge in [0, 0.05) is 12.6 Å². The van der Waals surface area contributed by atoms with Gasteiger partial charge in [0.15, 0.2) is 0 Å². The molecule has 0 spiro atoms. The zero-order chi connectivity index (χ0) is 13.2. The Kier molecular flexibility index (Phi) is 3.40. The first-order valence-electron chi connectivity index (χ1n) is 7.29. The molecule has 4 nitrogen and oxygen atoms in total. The maximum Gasteiger partial charge on any atom is 0.272 e. The lowest BCUT2D eigenvalue weighted by Crippen LogP contribution is -2.39. The summed E-state index contributed by atoms with van der Waals surface area (Å²) in [6, 6.07) is 5.71. The predicted molar refractivity (Wildman–Crippen MR) is 74.7 cm³/mol. The molecule has 19 heavy (non-hydrogen) atoms. The van der Waals surface area contributed by atoms with Crippen LogP contribution < -0.4 is 5.73 Å². The highest BCUT2D eigenvalue weighted by Crippen LogP contribution is 2.35. The van der Waals surface area contributed by atoms with Gasteiger partial charge in [0.05, 0.1) is 0 Å².